The van der Waals surface area contributed by atoms with Crippen LogP contribution >= 0.6 is 12.4 Å². The standard InChI is InChI=1S/C22H29FO5.ClH/c1-12-8-16-15-5-4-13-9-14(25)6-7-19(13,2)21(15,23)17(26)10-20(16,3)22(12,28)18(27)11-24;/h6-7,9,12,15-17,24,26,28H,4-5,8,10-11H2,1-3H3;1H/t12-,15-,16-,17-,19-,20-,21-,22-;/m1./s1. The average Bonchev–Trinajstić information content (AvgIpc) is 2.84. The lowest BCUT2D eigenvalue weighted by Gasteiger charge is -2.62. The molecule has 0 aliphatic heterocycles. The Morgan fingerprint density at radius 2 is 1.97 bits per heavy atom. The third-order valence-electron chi connectivity index (χ3n) is 8.79. The summed E-state index contributed by atoms with van der Waals surface area (Å²) in [6, 6.07) is 0. The minimum atomic E-state index is -1.98. The fraction of sp³-hybridized carbons (Fsp3) is 0.727. The van der Waals surface area contributed by atoms with Gasteiger partial charge < -0.3 is 15.3 Å². The lowest BCUT2D eigenvalue weighted by Crippen LogP contribution is -2.69. The molecule has 0 aromatic rings. The molecule has 4 aliphatic carbocycles. The second-order valence-corrected chi connectivity index (χ2v) is 9.75. The van der Waals surface area contributed by atoms with Crippen LogP contribution in [0.3, 0.4) is 0 Å². The zero-order valence-electron chi connectivity index (χ0n) is 17.0. The number of rotatable bonds is 2. The van der Waals surface area contributed by atoms with E-state index in [1.165, 1.54) is 12.2 Å². The van der Waals surface area contributed by atoms with Gasteiger partial charge in [0.15, 0.2) is 17.2 Å². The van der Waals surface area contributed by atoms with Gasteiger partial charge in [-0.05, 0) is 56.6 Å². The Labute approximate surface area is 176 Å². The molecule has 3 N–H and O–H groups in total. The van der Waals surface area contributed by atoms with Gasteiger partial charge in [0.25, 0.3) is 0 Å². The Balaban J connectivity index is 0.00000240. The molecule has 162 valence electrons. The van der Waals surface area contributed by atoms with Gasteiger partial charge in [-0.2, -0.15) is 0 Å². The van der Waals surface area contributed by atoms with Crippen molar-refractivity contribution in [2.24, 2.45) is 28.6 Å². The van der Waals surface area contributed by atoms with Crippen LogP contribution in [0.4, 0.5) is 4.39 Å². The Morgan fingerprint density at radius 3 is 2.59 bits per heavy atom. The number of ketones is 2. The zero-order chi connectivity index (χ0) is 20.7. The number of carbonyl (C=O) groups is 2. The van der Waals surface area contributed by atoms with Crippen molar-refractivity contribution in [1.82, 2.24) is 0 Å². The highest BCUT2D eigenvalue weighted by molar-refractivity contribution is 6.01. The highest BCUT2D eigenvalue weighted by atomic mass is 35.5. The average molecular weight is 429 g/mol. The van der Waals surface area contributed by atoms with Crippen LogP contribution in [0.2, 0.25) is 0 Å². The number of hydrogen-bond donors (Lipinski definition) is 3. The molecule has 0 unspecified atom stereocenters. The van der Waals surface area contributed by atoms with E-state index in [1.54, 1.807) is 26.8 Å². The monoisotopic (exact) mass is 428 g/mol. The van der Waals surface area contributed by atoms with E-state index in [0.29, 0.717) is 24.8 Å². The van der Waals surface area contributed by atoms with Crippen molar-refractivity contribution in [2.75, 3.05) is 6.61 Å². The van der Waals surface area contributed by atoms with Gasteiger partial charge in [0.2, 0.25) is 0 Å². The van der Waals surface area contributed by atoms with Crippen molar-refractivity contribution in [2.45, 2.75) is 63.8 Å². The summed E-state index contributed by atoms with van der Waals surface area (Å²) < 4.78 is 16.9. The van der Waals surface area contributed by atoms with Crippen LogP contribution in [-0.4, -0.2) is 50.9 Å². The number of aliphatic hydroxyl groups excluding tert-OH is 2. The highest BCUT2D eigenvalue weighted by Gasteiger charge is 2.75. The fourth-order valence-corrected chi connectivity index (χ4v) is 7.26. The first-order valence-electron chi connectivity index (χ1n) is 10.1. The maximum Gasteiger partial charge on any atom is 0.190 e. The summed E-state index contributed by atoms with van der Waals surface area (Å²) >= 11 is 0. The van der Waals surface area contributed by atoms with Crippen LogP contribution in [-0.2, 0) is 9.59 Å². The topological polar surface area (TPSA) is 94.8 Å². The summed E-state index contributed by atoms with van der Waals surface area (Å²) in [5, 5.41) is 32.0. The van der Waals surface area contributed by atoms with Crippen molar-refractivity contribution in [3.8, 4) is 0 Å². The molecule has 0 aromatic heterocycles. The van der Waals surface area contributed by atoms with E-state index in [9.17, 15) is 24.9 Å². The Bertz CT molecular complexity index is 811. The predicted molar refractivity (Wildman–Crippen MR) is 107 cm³/mol. The van der Waals surface area contributed by atoms with Crippen molar-refractivity contribution < 1.29 is 29.3 Å². The van der Waals surface area contributed by atoms with E-state index in [-0.39, 0.29) is 30.5 Å². The van der Waals surface area contributed by atoms with Crippen LogP contribution in [0.1, 0.15) is 46.5 Å². The van der Waals surface area contributed by atoms with E-state index >= 15 is 4.39 Å². The van der Waals surface area contributed by atoms with Crippen molar-refractivity contribution in [3.05, 3.63) is 23.8 Å². The number of allylic oxidation sites excluding steroid dienone is 4. The summed E-state index contributed by atoms with van der Waals surface area (Å²) in [6.07, 6.45) is 4.44. The van der Waals surface area contributed by atoms with Crippen molar-refractivity contribution >= 4 is 24.0 Å². The Morgan fingerprint density at radius 1 is 1.31 bits per heavy atom. The second-order valence-electron chi connectivity index (χ2n) is 9.75. The molecule has 7 heteroatoms. The minimum Gasteiger partial charge on any atom is -0.390 e. The quantitative estimate of drug-likeness (QED) is 0.627. The highest BCUT2D eigenvalue weighted by Crippen LogP contribution is 2.70. The first-order chi connectivity index (χ1) is 13.0. The summed E-state index contributed by atoms with van der Waals surface area (Å²) in [6.45, 7) is 4.48. The van der Waals surface area contributed by atoms with Crippen molar-refractivity contribution in [1.29, 1.82) is 0 Å². The smallest absolute Gasteiger partial charge is 0.190 e. The van der Waals surface area contributed by atoms with Crippen LogP contribution in [0.15, 0.2) is 23.8 Å². The second kappa shape index (κ2) is 6.71. The molecule has 4 aliphatic rings. The minimum absolute atomic E-state index is 0. The van der Waals surface area contributed by atoms with E-state index in [1.807, 2.05) is 0 Å². The van der Waals surface area contributed by atoms with Gasteiger partial charge in [0.05, 0.1) is 6.10 Å². The Kier molecular flexibility index (Phi) is 5.23. The zero-order valence-corrected chi connectivity index (χ0v) is 17.8. The molecular formula is C22H30ClFO5. The number of fused-ring (bicyclic) bond motifs is 5. The molecule has 5 nitrogen and oxygen atoms in total. The Hall–Kier alpha value is -1.08. The van der Waals surface area contributed by atoms with Gasteiger partial charge in [-0.25, -0.2) is 4.39 Å². The van der Waals surface area contributed by atoms with E-state index < -0.39 is 52.4 Å². The first-order valence-corrected chi connectivity index (χ1v) is 10.1. The number of alkyl halides is 1. The predicted octanol–water partition coefficient (Wildman–Crippen LogP) is 2.32. The lowest BCUT2D eigenvalue weighted by atomic mass is 9.44. The largest absolute Gasteiger partial charge is 0.390 e. The molecule has 4 rings (SSSR count). The normalized spacial score (nSPS) is 50.7. The van der Waals surface area contributed by atoms with E-state index in [2.05, 4.69) is 0 Å². The van der Waals surface area contributed by atoms with Crippen LogP contribution in [0, 0.1) is 28.6 Å². The van der Waals surface area contributed by atoms with Gasteiger partial charge >= 0.3 is 0 Å². The molecule has 0 radical (unpaired) electrons. The number of Topliss-reactive ketones (excluding diaryl/α,β-unsaturated/α-hetero) is 1. The molecule has 0 bridgehead atoms. The maximum absolute atomic E-state index is 16.9. The molecule has 0 aromatic carbocycles. The summed E-state index contributed by atoms with van der Waals surface area (Å²) in [5.74, 6) is -2.12. The van der Waals surface area contributed by atoms with Gasteiger partial charge in [-0.15, -0.1) is 12.4 Å². The molecule has 29 heavy (non-hydrogen) atoms. The molecule has 0 saturated heterocycles. The van der Waals surface area contributed by atoms with Crippen LogP contribution in [0.5, 0.6) is 0 Å². The molecule has 3 fully saturated rings. The third kappa shape index (κ3) is 2.43. The van der Waals surface area contributed by atoms with Crippen LogP contribution in [0.25, 0.3) is 0 Å². The summed E-state index contributed by atoms with van der Waals surface area (Å²) in [5.41, 5.74) is -5.17. The fourth-order valence-electron chi connectivity index (χ4n) is 7.26. The summed E-state index contributed by atoms with van der Waals surface area (Å²) in [4.78, 5) is 24.4. The lowest BCUT2D eigenvalue weighted by molar-refractivity contribution is -0.219. The van der Waals surface area contributed by atoms with Crippen LogP contribution < -0.4 is 0 Å². The number of carbonyl (C=O) groups excluding carboxylic acids is 2. The first kappa shape index (κ1) is 22.6. The summed E-state index contributed by atoms with van der Waals surface area (Å²) in [7, 11) is 0. The molecule has 8 atom stereocenters. The molecule has 3 saturated carbocycles. The number of aliphatic hydroxyl groups is 3. The number of hydrogen-bond acceptors (Lipinski definition) is 5. The molecule has 0 heterocycles. The maximum atomic E-state index is 16.9. The van der Waals surface area contributed by atoms with Crippen molar-refractivity contribution in [3.63, 3.8) is 0 Å². The molecule has 0 spiro atoms. The van der Waals surface area contributed by atoms with Gasteiger partial charge in [0.1, 0.15) is 12.2 Å². The third-order valence-corrected chi connectivity index (χ3v) is 8.79. The van der Waals surface area contributed by atoms with Gasteiger partial charge in [-0.3, -0.25) is 9.59 Å². The SMILES string of the molecule is C[C@@H]1C[C@@H]2[C@H]3CCC4=CC(=O)C=C[C@@]4(C)[C@]3(F)[C@H](O)C[C@@]2(C)[C@]1(O)C(=O)CO.Cl. The molecular weight excluding hydrogens is 399 g/mol. The van der Waals surface area contributed by atoms with E-state index in [0.717, 1.165) is 0 Å². The van der Waals surface area contributed by atoms with Gasteiger partial charge in [-0.1, -0.05) is 25.5 Å². The van der Waals surface area contributed by atoms with Gasteiger partial charge in [0, 0.05) is 16.7 Å². The molecule has 0 amide bonds. The number of halogens is 2. The van der Waals surface area contributed by atoms with E-state index in [4.69, 9.17) is 0 Å².